The molecule has 1 aromatic rings. The molecule has 1 aliphatic rings. The predicted octanol–water partition coefficient (Wildman–Crippen LogP) is 3.25. The maximum Gasteiger partial charge on any atom is 0.341 e. The summed E-state index contributed by atoms with van der Waals surface area (Å²) < 4.78 is 5.16. The zero-order valence-electron chi connectivity index (χ0n) is 14.1. The average molecular weight is 338 g/mol. The van der Waals surface area contributed by atoms with Crippen LogP contribution in [0.15, 0.2) is 0 Å². The van der Waals surface area contributed by atoms with Gasteiger partial charge in [-0.3, -0.25) is 4.79 Å². The molecule has 2 unspecified atom stereocenters. The lowest BCUT2D eigenvalue weighted by Crippen LogP contribution is -2.34. The maximum absolute atomic E-state index is 12.5. The highest BCUT2D eigenvalue weighted by atomic mass is 32.1. The van der Waals surface area contributed by atoms with Crippen LogP contribution >= 0.6 is 11.3 Å². The molecule has 0 radical (unpaired) electrons. The number of carbonyl (C=O) groups is 2. The second-order valence-electron chi connectivity index (χ2n) is 6.03. The number of thiophene rings is 1. The monoisotopic (exact) mass is 338 g/mol. The Hall–Kier alpha value is -1.40. The lowest BCUT2D eigenvalue weighted by Gasteiger charge is -2.25. The largest absolute Gasteiger partial charge is 0.462 e. The quantitative estimate of drug-likeness (QED) is 0.808. The van der Waals surface area contributed by atoms with Crippen LogP contribution in [-0.4, -0.2) is 24.5 Å². The molecule has 23 heavy (non-hydrogen) atoms. The Labute approximate surface area is 141 Å². The maximum atomic E-state index is 12.5. The molecule has 1 aliphatic carbocycles. The van der Waals surface area contributed by atoms with Gasteiger partial charge in [0.05, 0.1) is 12.2 Å². The van der Waals surface area contributed by atoms with Crippen LogP contribution in [0.2, 0.25) is 0 Å². The average Bonchev–Trinajstić information content (AvgIpc) is 2.82. The molecule has 0 bridgehead atoms. The second kappa shape index (κ2) is 7.93. The number of carbonyl (C=O) groups excluding carboxylic acids is 2. The summed E-state index contributed by atoms with van der Waals surface area (Å²) in [6, 6.07) is 0.0975. The molecular formula is C17H26N2O3S. The molecule has 0 aliphatic heterocycles. The van der Waals surface area contributed by atoms with Crippen LogP contribution in [0.25, 0.3) is 0 Å². The SMILES string of the molecule is CCOC(=O)c1c(NC(=O)C2CCCC(N)C2)sc(C)c1CC. The molecular weight excluding hydrogens is 312 g/mol. The van der Waals surface area contributed by atoms with E-state index in [4.69, 9.17) is 10.5 Å². The van der Waals surface area contributed by atoms with Gasteiger partial charge in [-0.15, -0.1) is 11.3 Å². The van der Waals surface area contributed by atoms with Gasteiger partial charge in [0.25, 0.3) is 0 Å². The van der Waals surface area contributed by atoms with Crippen molar-refractivity contribution in [1.82, 2.24) is 0 Å². The minimum absolute atomic E-state index is 0.0328. The zero-order valence-corrected chi connectivity index (χ0v) is 14.9. The first-order valence-electron chi connectivity index (χ1n) is 8.33. The lowest BCUT2D eigenvalue weighted by atomic mass is 9.85. The van der Waals surface area contributed by atoms with Gasteiger partial charge in [0.15, 0.2) is 0 Å². The first-order chi connectivity index (χ1) is 11.0. The Morgan fingerprint density at radius 1 is 1.35 bits per heavy atom. The Morgan fingerprint density at radius 2 is 2.09 bits per heavy atom. The van der Waals surface area contributed by atoms with Crippen LogP contribution < -0.4 is 11.1 Å². The summed E-state index contributed by atoms with van der Waals surface area (Å²) in [6.07, 6.45) is 4.27. The highest BCUT2D eigenvalue weighted by molar-refractivity contribution is 7.16. The summed E-state index contributed by atoms with van der Waals surface area (Å²) in [6.45, 7) is 6.08. The standard InChI is InChI=1S/C17H26N2O3S/c1-4-13-10(3)23-16(14(13)17(21)22-5-2)19-15(20)11-7-6-8-12(18)9-11/h11-12H,4-9,18H2,1-3H3,(H,19,20). The molecule has 1 fully saturated rings. The molecule has 0 saturated heterocycles. The third kappa shape index (κ3) is 4.12. The van der Waals surface area contributed by atoms with Crippen molar-refractivity contribution in [3.63, 3.8) is 0 Å². The van der Waals surface area contributed by atoms with Crippen LogP contribution in [0.3, 0.4) is 0 Å². The van der Waals surface area contributed by atoms with Crippen LogP contribution in [0.5, 0.6) is 0 Å². The summed E-state index contributed by atoms with van der Waals surface area (Å²) in [7, 11) is 0. The summed E-state index contributed by atoms with van der Waals surface area (Å²) in [5.41, 5.74) is 7.45. The number of hydrogen-bond donors (Lipinski definition) is 2. The topological polar surface area (TPSA) is 81.4 Å². The number of hydrogen-bond acceptors (Lipinski definition) is 5. The predicted molar refractivity (Wildman–Crippen MR) is 93.0 cm³/mol. The van der Waals surface area contributed by atoms with Crippen LogP contribution in [-0.2, 0) is 16.0 Å². The Kier molecular flexibility index (Phi) is 6.18. The first kappa shape index (κ1) is 17.9. The molecule has 5 nitrogen and oxygen atoms in total. The number of rotatable bonds is 5. The van der Waals surface area contributed by atoms with E-state index in [1.54, 1.807) is 6.92 Å². The second-order valence-corrected chi connectivity index (χ2v) is 7.25. The zero-order chi connectivity index (χ0) is 17.0. The lowest BCUT2D eigenvalue weighted by molar-refractivity contribution is -0.120. The number of anilines is 1. The molecule has 1 heterocycles. The Morgan fingerprint density at radius 3 is 2.70 bits per heavy atom. The van der Waals surface area contributed by atoms with E-state index in [9.17, 15) is 9.59 Å². The summed E-state index contributed by atoms with van der Waals surface area (Å²) >= 11 is 1.45. The van der Waals surface area contributed by atoms with Gasteiger partial charge >= 0.3 is 5.97 Å². The smallest absolute Gasteiger partial charge is 0.341 e. The number of nitrogens with one attached hydrogen (secondary N) is 1. The molecule has 1 amide bonds. The molecule has 1 aromatic heterocycles. The van der Waals surface area contributed by atoms with Crippen LogP contribution in [0.1, 0.15) is 60.3 Å². The minimum Gasteiger partial charge on any atom is -0.462 e. The molecule has 0 spiro atoms. The molecule has 128 valence electrons. The first-order valence-corrected chi connectivity index (χ1v) is 9.15. The van der Waals surface area contributed by atoms with Crippen molar-refractivity contribution in [2.24, 2.45) is 11.7 Å². The third-order valence-electron chi connectivity index (χ3n) is 4.36. The molecule has 6 heteroatoms. The number of ether oxygens (including phenoxy) is 1. The molecule has 3 N–H and O–H groups in total. The summed E-state index contributed by atoms with van der Waals surface area (Å²) in [5.74, 6) is -0.458. The fourth-order valence-corrected chi connectivity index (χ4v) is 4.33. The van der Waals surface area contributed by atoms with Gasteiger partial charge in [-0.1, -0.05) is 13.3 Å². The Bertz CT molecular complexity index is 583. The fraction of sp³-hybridized carbons (Fsp3) is 0.647. The van der Waals surface area contributed by atoms with E-state index in [-0.39, 0.29) is 23.8 Å². The minimum atomic E-state index is -0.357. The number of amides is 1. The van der Waals surface area contributed by atoms with Crippen molar-refractivity contribution in [3.8, 4) is 0 Å². The van der Waals surface area contributed by atoms with Gasteiger partial charge in [0.1, 0.15) is 5.00 Å². The molecule has 0 aromatic carbocycles. The van der Waals surface area contributed by atoms with E-state index in [2.05, 4.69) is 5.32 Å². The normalized spacial score (nSPS) is 21.0. The molecule has 2 atom stereocenters. The van der Waals surface area contributed by atoms with Crippen molar-refractivity contribution < 1.29 is 14.3 Å². The van der Waals surface area contributed by atoms with Gasteiger partial charge in [-0.05, 0) is 45.1 Å². The van der Waals surface area contributed by atoms with E-state index in [0.717, 1.165) is 36.1 Å². The van der Waals surface area contributed by atoms with Gasteiger partial charge < -0.3 is 15.8 Å². The molecule has 2 rings (SSSR count). The molecule has 1 saturated carbocycles. The highest BCUT2D eigenvalue weighted by Gasteiger charge is 2.28. The third-order valence-corrected chi connectivity index (χ3v) is 5.43. The number of esters is 1. The van der Waals surface area contributed by atoms with Gasteiger partial charge in [0, 0.05) is 16.8 Å². The van der Waals surface area contributed by atoms with E-state index < -0.39 is 0 Å². The Balaban J connectivity index is 2.21. The van der Waals surface area contributed by atoms with E-state index in [0.29, 0.717) is 23.6 Å². The van der Waals surface area contributed by atoms with Crippen molar-refractivity contribution in [1.29, 1.82) is 0 Å². The summed E-state index contributed by atoms with van der Waals surface area (Å²) in [4.78, 5) is 25.9. The van der Waals surface area contributed by atoms with Crippen LogP contribution in [0.4, 0.5) is 5.00 Å². The van der Waals surface area contributed by atoms with Crippen molar-refractivity contribution >= 4 is 28.2 Å². The van der Waals surface area contributed by atoms with E-state index >= 15 is 0 Å². The summed E-state index contributed by atoms with van der Waals surface area (Å²) in [5, 5.41) is 3.57. The van der Waals surface area contributed by atoms with E-state index in [1.165, 1.54) is 11.3 Å². The van der Waals surface area contributed by atoms with Gasteiger partial charge in [0.2, 0.25) is 5.91 Å². The number of nitrogens with two attached hydrogens (primary N) is 1. The fourth-order valence-electron chi connectivity index (χ4n) is 3.19. The van der Waals surface area contributed by atoms with Crippen LogP contribution in [0, 0.1) is 12.8 Å². The van der Waals surface area contributed by atoms with E-state index in [1.807, 2.05) is 13.8 Å². The van der Waals surface area contributed by atoms with Gasteiger partial charge in [-0.2, -0.15) is 0 Å². The highest BCUT2D eigenvalue weighted by Crippen LogP contribution is 2.35. The number of aryl methyl sites for hydroxylation is 1. The van der Waals surface area contributed by atoms with Gasteiger partial charge in [-0.25, -0.2) is 4.79 Å². The van der Waals surface area contributed by atoms with Crippen molar-refractivity contribution in [3.05, 3.63) is 16.0 Å². The van der Waals surface area contributed by atoms with Crippen molar-refractivity contribution in [2.45, 2.75) is 58.9 Å². The van der Waals surface area contributed by atoms with Crippen molar-refractivity contribution in [2.75, 3.05) is 11.9 Å².